The molecule has 0 saturated carbocycles. The van der Waals surface area contributed by atoms with Crippen LogP contribution in [0.1, 0.15) is 22.6 Å². The van der Waals surface area contributed by atoms with Gasteiger partial charge in [0.15, 0.2) is 19.8 Å². The number of carbonyl (C=O) groups excluding carboxylic acids is 3. The number of hydrogen-bond donors (Lipinski definition) is 0. The highest BCUT2D eigenvalue weighted by Gasteiger charge is 2.18. The summed E-state index contributed by atoms with van der Waals surface area (Å²) in [6, 6.07) is 22.2. The first-order valence-electron chi connectivity index (χ1n) is 11.3. The monoisotopic (exact) mass is 508 g/mol. The molecule has 3 aromatic rings. The van der Waals surface area contributed by atoms with Crippen LogP contribution in [0.25, 0.3) is 0 Å². The average molecular weight is 509 g/mol. The van der Waals surface area contributed by atoms with Gasteiger partial charge >= 0.3 is 17.9 Å². The second-order valence-corrected chi connectivity index (χ2v) is 7.73. The van der Waals surface area contributed by atoms with Gasteiger partial charge in [0.1, 0.15) is 17.2 Å². The van der Waals surface area contributed by atoms with Crippen LogP contribution in [0.3, 0.4) is 0 Å². The largest absolute Gasteiger partial charge is 0.482 e. The predicted molar refractivity (Wildman–Crippen MR) is 133 cm³/mol. The van der Waals surface area contributed by atoms with E-state index in [0.29, 0.717) is 17.2 Å². The fraction of sp³-hybridized carbons (Fsp3) is 0.250. The first-order chi connectivity index (χ1) is 17.9. The van der Waals surface area contributed by atoms with Crippen LogP contribution in [0.5, 0.6) is 17.2 Å². The number of carbonyl (C=O) groups is 3. The van der Waals surface area contributed by atoms with Gasteiger partial charge in [-0.25, -0.2) is 14.4 Å². The Morgan fingerprint density at radius 2 is 0.730 bits per heavy atom. The highest BCUT2D eigenvalue weighted by molar-refractivity contribution is 5.71. The van der Waals surface area contributed by atoms with Crippen molar-refractivity contribution < 1.29 is 42.8 Å². The van der Waals surface area contributed by atoms with Crippen molar-refractivity contribution in [3.05, 3.63) is 89.5 Å². The molecule has 37 heavy (non-hydrogen) atoms. The van der Waals surface area contributed by atoms with Crippen molar-refractivity contribution in [3.63, 3.8) is 0 Å². The van der Waals surface area contributed by atoms with Crippen molar-refractivity contribution in [1.29, 1.82) is 0 Å². The molecule has 0 heterocycles. The maximum Gasteiger partial charge on any atom is 0.343 e. The molecule has 3 aromatic carbocycles. The number of rotatable bonds is 12. The third-order valence-electron chi connectivity index (χ3n) is 5.39. The Morgan fingerprint density at radius 3 is 0.946 bits per heavy atom. The lowest BCUT2D eigenvalue weighted by atomic mass is 9.85. The van der Waals surface area contributed by atoms with Crippen LogP contribution in [-0.4, -0.2) is 59.1 Å². The Hall–Kier alpha value is -4.53. The van der Waals surface area contributed by atoms with E-state index < -0.39 is 17.9 Å². The van der Waals surface area contributed by atoms with Crippen LogP contribution in [-0.2, 0) is 28.6 Å². The molecule has 9 heteroatoms. The zero-order chi connectivity index (χ0) is 26.6. The standard InChI is InChI=1S/C28H28O9/c1-32-25(29)16-35-22-10-4-19(5-11-22)28(20-6-12-23(13-7-20)36-17-26(30)33-2)21-8-14-24(15-9-21)37-18-27(31)34-3/h4-15,28H,16-18H2,1-3H3. The van der Waals surface area contributed by atoms with Gasteiger partial charge in [0.05, 0.1) is 21.3 Å². The Bertz CT molecular complexity index is 1020. The summed E-state index contributed by atoms with van der Waals surface area (Å²) in [5, 5.41) is 0. The van der Waals surface area contributed by atoms with E-state index in [0.717, 1.165) is 16.7 Å². The zero-order valence-corrected chi connectivity index (χ0v) is 20.8. The summed E-state index contributed by atoms with van der Waals surface area (Å²) in [5.41, 5.74) is 2.91. The van der Waals surface area contributed by atoms with E-state index in [9.17, 15) is 14.4 Å². The lowest BCUT2D eigenvalue weighted by Gasteiger charge is -2.20. The van der Waals surface area contributed by atoms with Gasteiger partial charge in [0.25, 0.3) is 0 Å². The average Bonchev–Trinajstić information content (AvgIpc) is 2.95. The van der Waals surface area contributed by atoms with Crippen molar-refractivity contribution >= 4 is 17.9 Å². The quantitative estimate of drug-likeness (QED) is 0.206. The number of esters is 3. The highest BCUT2D eigenvalue weighted by Crippen LogP contribution is 2.34. The van der Waals surface area contributed by atoms with E-state index in [1.165, 1.54) is 21.3 Å². The number of methoxy groups -OCH3 is 3. The number of ether oxygens (including phenoxy) is 6. The molecule has 0 aliphatic rings. The fourth-order valence-electron chi connectivity index (χ4n) is 3.45. The summed E-state index contributed by atoms with van der Waals surface area (Å²) in [6.07, 6.45) is 0. The lowest BCUT2D eigenvalue weighted by molar-refractivity contribution is -0.143. The molecule has 0 bridgehead atoms. The van der Waals surface area contributed by atoms with E-state index in [4.69, 9.17) is 14.2 Å². The SMILES string of the molecule is COC(=O)COc1ccc(C(c2ccc(OCC(=O)OC)cc2)c2ccc(OCC(=O)OC)cc2)cc1. The summed E-state index contributed by atoms with van der Waals surface area (Å²) in [4.78, 5) is 34.1. The highest BCUT2D eigenvalue weighted by atomic mass is 16.6. The second kappa shape index (κ2) is 13.5. The van der Waals surface area contributed by atoms with Crippen molar-refractivity contribution in [3.8, 4) is 17.2 Å². The minimum atomic E-state index is -0.467. The Kier molecular flexibility index (Phi) is 9.90. The Morgan fingerprint density at radius 1 is 0.486 bits per heavy atom. The summed E-state index contributed by atoms with van der Waals surface area (Å²) < 4.78 is 30.2. The second-order valence-electron chi connectivity index (χ2n) is 7.73. The summed E-state index contributed by atoms with van der Waals surface area (Å²) in [7, 11) is 3.91. The molecule has 0 spiro atoms. The normalized spacial score (nSPS) is 10.4. The molecule has 0 radical (unpaired) electrons. The van der Waals surface area contributed by atoms with E-state index >= 15 is 0 Å². The third-order valence-corrected chi connectivity index (χ3v) is 5.39. The van der Waals surface area contributed by atoms with Gasteiger partial charge in [-0.15, -0.1) is 0 Å². The minimum absolute atomic E-state index is 0.168. The number of hydrogen-bond acceptors (Lipinski definition) is 9. The smallest absolute Gasteiger partial charge is 0.343 e. The van der Waals surface area contributed by atoms with E-state index in [2.05, 4.69) is 14.2 Å². The van der Waals surface area contributed by atoms with Crippen molar-refractivity contribution in [2.45, 2.75) is 5.92 Å². The van der Waals surface area contributed by atoms with Gasteiger partial charge in [0, 0.05) is 5.92 Å². The van der Waals surface area contributed by atoms with Crippen LogP contribution in [0, 0.1) is 0 Å². The topological polar surface area (TPSA) is 107 Å². The molecule has 0 aliphatic heterocycles. The summed E-state index contributed by atoms with van der Waals surface area (Å²) in [5.74, 6) is 0.0323. The van der Waals surface area contributed by atoms with Gasteiger partial charge in [-0.3, -0.25) is 0 Å². The van der Waals surface area contributed by atoms with Crippen molar-refractivity contribution in [2.75, 3.05) is 41.2 Å². The minimum Gasteiger partial charge on any atom is -0.482 e. The van der Waals surface area contributed by atoms with E-state index in [1.54, 1.807) is 36.4 Å². The Labute approximate surface area is 214 Å². The number of benzene rings is 3. The molecule has 0 atom stereocenters. The summed E-state index contributed by atoms with van der Waals surface area (Å²) >= 11 is 0. The molecular formula is C28H28O9. The molecule has 0 unspecified atom stereocenters. The predicted octanol–water partition coefficient (Wildman–Crippen LogP) is 3.52. The van der Waals surface area contributed by atoms with Gasteiger partial charge in [-0.2, -0.15) is 0 Å². The van der Waals surface area contributed by atoms with Crippen LogP contribution in [0.4, 0.5) is 0 Å². The van der Waals surface area contributed by atoms with Crippen LogP contribution < -0.4 is 14.2 Å². The molecule has 0 saturated heterocycles. The van der Waals surface area contributed by atoms with E-state index in [-0.39, 0.29) is 25.7 Å². The molecule has 0 amide bonds. The zero-order valence-electron chi connectivity index (χ0n) is 20.8. The Balaban J connectivity index is 1.85. The molecular weight excluding hydrogens is 480 g/mol. The maximum atomic E-state index is 11.4. The molecule has 3 rings (SSSR count). The molecule has 0 fully saturated rings. The first kappa shape index (κ1) is 27.1. The molecule has 0 aliphatic carbocycles. The van der Waals surface area contributed by atoms with Crippen LogP contribution in [0.2, 0.25) is 0 Å². The molecule has 0 N–H and O–H groups in total. The van der Waals surface area contributed by atoms with Gasteiger partial charge < -0.3 is 28.4 Å². The van der Waals surface area contributed by atoms with Crippen molar-refractivity contribution in [2.24, 2.45) is 0 Å². The lowest BCUT2D eigenvalue weighted by Crippen LogP contribution is -2.13. The van der Waals surface area contributed by atoms with Crippen LogP contribution in [0.15, 0.2) is 72.8 Å². The van der Waals surface area contributed by atoms with Crippen molar-refractivity contribution in [1.82, 2.24) is 0 Å². The van der Waals surface area contributed by atoms with Gasteiger partial charge in [0.2, 0.25) is 0 Å². The molecule has 9 nitrogen and oxygen atoms in total. The summed E-state index contributed by atoms with van der Waals surface area (Å²) in [6.45, 7) is -0.544. The third kappa shape index (κ3) is 7.99. The fourth-order valence-corrected chi connectivity index (χ4v) is 3.45. The first-order valence-corrected chi connectivity index (χ1v) is 11.3. The molecule has 0 aromatic heterocycles. The molecule has 194 valence electrons. The van der Waals surface area contributed by atoms with Gasteiger partial charge in [-0.05, 0) is 53.1 Å². The van der Waals surface area contributed by atoms with Crippen LogP contribution >= 0.6 is 0 Å². The van der Waals surface area contributed by atoms with E-state index in [1.807, 2.05) is 36.4 Å². The maximum absolute atomic E-state index is 11.4. The van der Waals surface area contributed by atoms with Gasteiger partial charge in [-0.1, -0.05) is 36.4 Å².